The van der Waals surface area contributed by atoms with E-state index in [-0.39, 0.29) is 12.0 Å². The number of aromatic nitrogens is 1. The topological polar surface area (TPSA) is 72.5 Å². The van der Waals surface area contributed by atoms with Crippen molar-refractivity contribution in [2.45, 2.75) is 19.4 Å². The molecular formula is C14H23N3O3. The van der Waals surface area contributed by atoms with Crippen molar-refractivity contribution in [3.05, 3.63) is 24.0 Å². The molecule has 0 radical (unpaired) electrons. The molecule has 0 aliphatic rings. The number of nitrogens with zero attached hydrogens (tertiary/aromatic N) is 1. The Morgan fingerprint density at radius 3 is 2.90 bits per heavy atom. The first-order valence-corrected chi connectivity index (χ1v) is 6.70. The van der Waals surface area contributed by atoms with Gasteiger partial charge in [-0.25, -0.2) is 0 Å². The molecule has 0 aromatic carbocycles. The van der Waals surface area contributed by atoms with Gasteiger partial charge in [0, 0.05) is 39.7 Å². The summed E-state index contributed by atoms with van der Waals surface area (Å²) in [6, 6.07) is 1.80. The Hall–Kier alpha value is -1.66. The van der Waals surface area contributed by atoms with E-state index in [0.29, 0.717) is 18.7 Å². The first kappa shape index (κ1) is 16.4. The molecule has 0 saturated heterocycles. The Labute approximate surface area is 119 Å². The van der Waals surface area contributed by atoms with Crippen LogP contribution in [0.25, 0.3) is 0 Å². The standard InChI is InChI=1S/C14H23N3O3/c1-4-6-16-13-5-7-15-9-12(13)14(18)17-8-11(20-3)10-19-2/h5,7,9,11H,4,6,8,10H2,1-3H3,(H,15,16)(H,17,18). The van der Waals surface area contributed by atoms with Crippen LogP contribution < -0.4 is 10.6 Å². The maximum absolute atomic E-state index is 12.2. The fraction of sp³-hybridized carbons (Fsp3) is 0.571. The fourth-order valence-corrected chi connectivity index (χ4v) is 1.69. The minimum atomic E-state index is -0.171. The van der Waals surface area contributed by atoms with E-state index < -0.39 is 0 Å². The third-order valence-electron chi connectivity index (χ3n) is 2.81. The summed E-state index contributed by atoms with van der Waals surface area (Å²) >= 11 is 0. The number of hydrogen-bond acceptors (Lipinski definition) is 5. The quantitative estimate of drug-likeness (QED) is 0.713. The molecule has 6 nitrogen and oxygen atoms in total. The Morgan fingerprint density at radius 1 is 1.45 bits per heavy atom. The molecule has 0 spiro atoms. The lowest BCUT2D eigenvalue weighted by atomic mass is 10.2. The maximum Gasteiger partial charge on any atom is 0.255 e. The van der Waals surface area contributed by atoms with Crippen molar-refractivity contribution >= 4 is 11.6 Å². The van der Waals surface area contributed by atoms with Crippen LogP contribution >= 0.6 is 0 Å². The van der Waals surface area contributed by atoms with Crippen LogP contribution in [0.5, 0.6) is 0 Å². The number of pyridine rings is 1. The van der Waals surface area contributed by atoms with E-state index in [1.807, 2.05) is 0 Å². The normalized spacial score (nSPS) is 11.9. The largest absolute Gasteiger partial charge is 0.384 e. The molecule has 2 N–H and O–H groups in total. The van der Waals surface area contributed by atoms with Gasteiger partial charge < -0.3 is 20.1 Å². The van der Waals surface area contributed by atoms with Crippen LogP contribution in [0.1, 0.15) is 23.7 Å². The summed E-state index contributed by atoms with van der Waals surface area (Å²) in [5, 5.41) is 6.04. The lowest BCUT2D eigenvalue weighted by Crippen LogP contribution is -2.36. The summed E-state index contributed by atoms with van der Waals surface area (Å²) in [4.78, 5) is 16.2. The van der Waals surface area contributed by atoms with Gasteiger partial charge in [-0.15, -0.1) is 0 Å². The number of amides is 1. The lowest BCUT2D eigenvalue weighted by Gasteiger charge is -2.16. The van der Waals surface area contributed by atoms with Gasteiger partial charge in [0.25, 0.3) is 5.91 Å². The summed E-state index contributed by atoms with van der Waals surface area (Å²) in [7, 11) is 3.19. The van der Waals surface area contributed by atoms with Gasteiger partial charge >= 0.3 is 0 Å². The second-order valence-corrected chi connectivity index (χ2v) is 4.37. The first-order valence-electron chi connectivity index (χ1n) is 6.70. The van der Waals surface area contributed by atoms with Crippen LogP contribution in [0, 0.1) is 0 Å². The van der Waals surface area contributed by atoms with Gasteiger partial charge in [0.1, 0.15) is 0 Å². The summed E-state index contributed by atoms with van der Waals surface area (Å²) < 4.78 is 10.2. The minimum Gasteiger partial charge on any atom is -0.384 e. The highest BCUT2D eigenvalue weighted by atomic mass is 16.5. The molecule has 112 valence electrons. The molecular weight excluding hydrogens is 258 g/mol. The molecule has 1 aromatic rings. The van der Waals surface area contributed by atoms with Crippen molar-refractivity contribution in [3.63, 3.8) is 0 Å². The molecule has 0 aliphatic heterocycles. The second-order valence-electron chi connectivity index (χ2n) is 4.37. The van der Waals surface area contributed by atoms with Gasteiger partial charge in [0.2, 0.25) is 0 Å². The molecule has 0 fully saturated rings. The zero-order valence-corrected chi connectivity index (χ0v) is 12.3. The Bertz CT molecular complexity index is 412. The smallest absolute Gasteiger partial charge is 0.255 e. The second kappa shape index (κ2) is 9.28. The Balaban J connectivity index is 2.62. The summed E-state index contributed by atoms with van der Waals surface area (Å²) in [6.07, 6.45) is 4.05. The van der Waals surface area contributed by atoms with E-state index in [9.17, 15) is 4.79 Å². The van der Waals surface area contributed by atoms with E-state index in [0.717, 1.165) is 18.7 Å². The lowest BCUT2D eigenvalue weighted by molar-refractivity contribution is 0.0285. The number of hydrogen-bond donors (Lipinski definition) is 2. The molecule has 20 heavy (non-hydrogen) atoms. The monoisotopic (exact) mass is 281 g/mol. The maximum atomic E-state index is 12.2. The van der Waals surface area contributed by atoms with Crippen molar-refractivity contribution in [2.75, 3.05) is 39.2 Å². The summed E-state index contributed by atoms with van der Waals surface area (Å²) in [6.45, 7) is 3.71. The van der Waals surface area contributed by atoms with E-state index in [1.165, 1.54) is 0 Å². The first-order chi connectivity index (χ1) is 9.72. The highest BCUT2D eigenvalue weighted by molar-refractivity contribution is 5.99. The van der Waals surface area contributed by atoms with E-state index in [4.69, 9.17) is 9.47 Å². The number of methoxy groups -OCH3 is 2. The Morgan fingerprint density at radius 2 is 2.25 bits per heavy atom. The van der Waals surface area contributed by atoms with Crippen molar-refractivity contribution < 1.29 is 14.3 Å². The predicted molar refractivity (Wildman–Crippen MR) is 78.0 cm³/mol. The van der Waals surface area contributed by atoms with Gasteiger partial charge in [-0.3, -0.25) is 9.78 Å². The third-order valence-corrected chi connectivity index (χ3v) is 2.81. The van der Waals surface area contributed by atoms with Gasteiger partial charge in [-0.1, -0.05) is 6.92 Å². The van der Waals surface area contributed by atoms with E-state index in [1.54, 1.807) is 32.7 Å². The van der Waals surface area contributed by atoms with Gasteiger partial charge in [-0.2, -0.15) is 0 Å². The van der Waals surface area contributed by atoms with Gasteiger partial charge in [-0.05, 0) is 12.5 Å². The summed E-state index contributed by atoms with van der Waals surface area (Å²) in [5.74, 6) is -0.171. The third kappa shape index (κ3) is 5.14. The molecule has 1 aromatic heterocycles. The highest BCUT2D eigenvalue weighted by Crippen LogP contribution is 2.13. The van der Waals surface area contributed by atoms with E-state index in [2.05, 4.69) is 22.5 Å². The Kier molecular flexibility index (Phi) is 7.60. The van der Waals surface area contributed by atoms with Crippen LogP contribution in [0.2, 0.25) is 0 Å². The number of carbonyl (C=O) groups is 1. The van der Waals surface area contributed by atoms with Crippen LogP contribution in [0.3, 0.4) is 0 Å². The van der Waals surface area contributed by atoms with Gasteiger partial charge in [0.05, 0.1) is 24.0 Å². The van der Waals surface area contributed by atoms with Crippen molar-refractivity contribution in [3.8, 4) is 0 Å². The minimum absolute atomic E-state index is 0.160. The summed E-state index contributed by atoms with van der Waals surface area (Å²) in [5.41, 5.74) is 1.33. The molecule has 1 heterocycles. The van der Waals surface area contributed by atoms with Crippen LogP contribution in [0.4, 0.5) is 5.69 Å². The number of ether oxygens (including phenoxy) is 2. The average Bonchev–Trinajstić information content (AvgIpc) is 2.49. The zero-order chi connectivity index (χ0) is 14.8. The number of carbonyl (C=O) groups excluding carboxylic acids is 1. The van der Waals surface area contributed by atoms with E-state index >= 15 is 0 Å². The van der Waals surface area contributed by atoms with Gasteiger partial charge in [0.15, 0.2) is 0 Å². The number of anilines is 1. The number of rotatable bonds is 9. The molecule has 0 aliphatic carbocycles. The SMILES string of the molecule is CCCNc1ccncc1C(=O)NCC(COC)OC. The molecule has 1 atom stereocenters. The molecule has 0 saturated carbocycles. The highest BCUT2D eigenvalue weighted by Gasteiger charge is 2.13. The molecule has 1 unspecified atom stereocenters. The molecule has 1 amide bonds. The van der Waals surface area contributed by atoms with Crippen molar-refractivity contribution in [1.82, 2.24) is 10.3 Å². The fourth-order valence-electron chi connectivity index (χ4n) is 1.69. The zero-order valence-electron chi connectivity index (χ0n) is 12.3. The van der Waals surface area contributed by atoms with Crippen LogP contribution in [-0.4, -0.2) is 50.9 Å². The number of nitrogens with one attached hydrogen (secondary N) is 2. The molecule has 6 heteroatoms. The average molecular weight is 281 g/mol. The molecule has 0 bridgehead atoms. The van der Waals surface area contributed by atoms with Crippen molar-refractivity contribution in [1.29, 1.82) is 0 Å². The predicted octanol–water partition coefficient (Wildman–Crippen LogP) is 1.29. The van der Waals surface area contributed by atoms with Crippen LogP contribution in [0.15, 0.2) is 18.5 Å². The molecule has 1 rings (SSSR count). The van der Waals surface area contributed by atoms with Crippen LogP contribution in [-0.2, 0) is 9.47 Å². The van der Waals surface area contributed by atoms with Crippen molar-refractivity contribution in [2.24, 2.45) is 0 Å².